The Morgan fingerprint density at radius 2 is 1.00 bits per heavy atom. The summed E-state index contributed by atoms with van der Waals surface area (Å²) in [5.41, 5.74) is 7.53. The van der Waals surface area contributed by atoms with Crippen molar-refractivity contribution in [3.05, 3.63) is 175 Å². The lowest BCUT2D eigenvalue weighted by molar-refractivity contribution is 0.484. The number of fused-ring (bicyclic) bond motifs is 1. The molecule has 212 valence electrons. The smallest absolute Gasteiger partial charge is 0.357 e. The van der Waals surface area contributed by atoms with E-state index >= 15 is 0 Å². The van der Waals surface area contributed by atoms with Gasteiger partial charge < -0.3 is 13.7 Å². The molecule has 3 unspecified atom stereocenters. The molecule has 43 heavy (non-hydrogen) atoms. The minimum absolute atomic E-state index is 0.131. The Hall–Kier alpha value is -4.80. The lowest BCUT2D eigenvalue weighted by Gasteiger charge is -2.53. The molecule has 0 N–H and O–H groups in total. The molecule has 5 aromatic carbocycles. The molecule has 0 spiro atoms. The lowest BCUT2D eigenvalue weighted by atomic mass is 9.80. The van der Waals surface area contributed by atoms with E-state index in [2.05, 4.69) is 197 Å². The molecule has 0 fully saturated rings. The van der Waals surface area contributed by atoms with E-state index in [1.165, 1.54) is 34.0 Å². The average molecular weight is 576 g/mol. The number of nitrogens with zero attached hydrogens (tertiary/aromatic N) is 3. The van der Waals surface area contributed by atoms with Crippen molar-refractivity contribution in [2.45, 2.75) is 25.4 Å². The van der Waals surface area contributed by atoms with Crippen LogP contribution >= 0.6 is 0 Å². The van der Waals surface area contributed by atoms with E-state index in [0.29, 0.717) is 5.92 Å². The predicted molar refractivity (Wildman–Crippen MR) is 185 cm³/mol. The van der Waals surface area contributed by atoms with Crippen LogP contribution in [0.15, 0.2) is 170 Å². The highest BCUT2D eigenvalue weighted by molar-refractivity contribution is 6.92. The second kappa shape index (κ2) is 11.5. The predicted octanol–water partition coefficient (Wildman–Crippen LogP) is 9.97. The molecule has 7 rings (SSSR count). The Bertz CT molecular complexity index is 1650. The van der Waals surface area contributed by atoms with Crippen molar-refractivity contribution < 1.29 is 0 Å². The van der Waals surface area contributed by atoms with Crippen LogP contribution in [-0.2, 0) is 0 Å². The number of rotatable bonds is 7. The Morgan fingerprint density at radius 1 is 0.558 bits per heavy atom. The molecular formula is C39H37N3Si. The Balaban J connectivity index is 1.49. The Morgan fingerprint density at radius 3 is 1.53 bits per heavy atom. The van der Waals surface area contributed by atoms with Gasteiger partial charge in [0, 0.05) is 29.0 Å². The van der Waals surface area contributed by atoms with Gasteiger partial charge in [0.2, 0.25) is 0 Å². The maximum atomic E-state index is 2.79. The van der Waals surface area contributed by atoms with E-state index in [4.69, 9.17) is 0 Å². The summed E-state index contributed by atoms with van der Waals surface area (Å²) in [4.78, 5) is 0. The van der Waals surface area contributed by atoms with Gasteiger partial charge >= 0.3 is 8.56 Å². The third-order valence-corrected chi connectivity index (χ3v) is 13.2. The van der Waals surface area contributed by atoms with Crippen LogP contribution < -0.4 is 13.7 Å². The zero-order valence-electron chi connectivity index (χ0n) is 24.7. The monoisotopic (exact) mass is 575 g/mol. The molecule has 3 atom stereocenters. The van der Waals surface area contributed by atoms with E-state index in [9.17, 15) is 0 Å². The van der Waals surface area contributed by atoms with Gasteiger partial charge in [0.1, 0.15) is 0 Å². The molecule has 5 aromatic rings. The fourth-order valence-electron chi connectivity index (χ4n) is 7.14. The summed E-state index contributed by atoms with van der Waals surface area (Å²) < 4.78 is 8.12. The van der Waals surface area contributed by atoms with Crippen molar-refractivity contribution in [2.24, 2.45) is 5.92 Å². The molecule has 2 aliphatic rings. The number of benzene rings is 5. The van der Waals surface area contributed by atoms with Crippen LogP contribution in [0.2, 0.25) is 6.55 Å². The first-order chi connectivity index (χ1) is 21.2. The number of hydrogen-bond donors (Lipinski definition) is 0. The number of hydrogen-bond acceptors (Lipinski definition) is 3. The summed E-state index contributed by atoms with van der Waals surface area (Å²) in [6.45, 7) is 4.91. The number of para-hydroxylation sites is 5. The van der Waals surface area contributed by atoms with Gasteiger partial charge in [0.15, 0.2) is 0 Å². The van der Waals surface area contributed by atoms with E-state index in [1.807, 2.05) is 0 Å². The number of anilines is 5. The first kappa shape index (κ1) is 27.1. The molecular weight excluding hydrogens is 539 g/mol. The first-order valence-corrected chi connectivity index (χ1v) is 17.6. The van der Waals surface area contributed by atoms with E-state index in [1.54, 1.807) is 0 Å². The SMILES string of the molecule is CC(c1ccccc1)C1C=CC=CC1N(c1ccccc1)[Si]1(C)N(c2ccccc2)c2ccccc2N1c1ccccc1. The summed E-state index contributed by atoms with van der Waals surface area (Å²) in [5, 5.41) is 0. The van der Waals surface area contributed by atoms with Crippen molar-refractivity contribution in [1.82, 2.24) is 0 Å². The summed E-state index contributed by atoms with van der Waals surface area (Å²) in [6, 6.07) is 53.1. The highest BCUT2D eigenvalue weighted by Crippen LogP contribution is 2.53. The second-order valence-electron chi connectivity index (χ2n) is 11.5. The minimum atomic E-state index is -2.86. The molecule has 1 aliphatic heterocycles. The largest absolute Gasteiger partial charge is 0.386 e. The van der Waals surface area contributed by atoms with Crippen molar-refractivity contribution in [3.63, 3.8) is 0 Å². The van der Waals surface area contributed by atoms with Crippen LogP contribution in [0, 0.1) is 5.92 Å². The molecule has 4 heteroatoms. The minimum Gasteiger partial charge on any atom is -0.357 e. The molecule has 0 saturated carbocycles. The topological polar surface area (TPSA) is 9.72 Å². The molecule has 0 saturated heterocycles. The van der Waals surface area contributed by atoms with Crippen LogP contribution in [0.1, 0.15) is 18.4 Å². The zero-order chi connectivity index (χ0) is 29.2. The van der Waals surface area contributed by atoms with Gasteiger partial charge in [-0.15, -0.1) is 0 Å². The highest BCUT2D eigenvalue weighted by Gasteiger charge is 2.58. The van der Waals surface area contributed by atoms with Crippen molar-refractivity contribution in [2.75, 3.05) is 13.7 Å². The van der Waals surface area contributed by atoms with Crippen LogP contribution in [0.3, 0.4) is 0 Å². The molecule has 1 aliphatic carbocycles. The summed E-state index contributed by atoms with van der Waals surface area (Å²) in [6.07, 6.45) is 9.35. The average Bonchev–Trinajstić information content (AvgIpc) is 3.34. The number of allylic oxidation sites excluding steroid dienone is 2. The van der Waals surface area contributed by atoms with Crippen LogP contribution in [0.5, 0.6) is 0 Å². The summed E-state index contributed by atoms with van der Waals surface area (Å²) in [5.74, 6) is 0.603. The fourth-order valence-corrected chi connectivity index (χ4v) is 11.8. The molecule has 0 radical (unpaired) electrons. The summed E-state index contributed by atoms with van der Waals surface area (Å²) >= 11 is 0. The van der Waals surface area contributed by atoms with Crippen molar-refractivity contribution >= 4 is 37.0 Å². The molecule has 0 amide bonds. The van der Waals surface area contributed by atoms with Gasteiger partial charge in [-0.1, -0.05) is 128 Å². The Labute approximate surface area is 256 Å². The van der Waals surface area contributed by atoms with Gasteiger partial charge in [-0.25, -0.2) is 0 Å². The lowest BCUT2D eigenvalue weighted by Crippen LogP contribution is -2.72. The third kappa shape index (κ3) is 4.68. The second-order valence-corrected chi connectivity index (χ2v) is 14.9. The maximum Gasteiger partial charge on any atom is 0.386 e. The highest BCUT2D eigenvalue weighted by atomic mass is 28.4. The van der Waals surface area contributed by atoms with Crippen LogP contribution in [0.4, 0.5) is 28.4 Å². The van der Waals surface area contributed by atoms with E-state index in [0.717, 1.165) is 0 Å². The molecule has 0 bridgehead atoms. The van der Waals surface area contributed by atoms with Crippen LogP contribution in [-0.4, -0.2) is 14.6 Å². The molecule has 3 nitrogen and oxygen atoms in total. The third-order valence-electron chi connectivity index (χ3n) is 9.08. The zero-order valence-corrected chi connectivity index (χ0v) is 25.7. The van der Waals surface area contributed by atoms with Gasteiger partial charge in [-0.3, -0.25) is 0 Å². The van der Waals surface area contributed by atoms with Crippen molar-refractivity contribution in [1.29, 1.82) is 0 Å². The Kier molecular flexibility index (Phi) is 7.21. The van der Waals surface area contributed by atoms with Crippen molar-refractivity contribution in [3.8, 4) is 0 Å². The fraction of sp³-hybridized carbons (Fsp3) is 0.128. The quantitative estimate of drug-likeness (QED) is 0.179. The van der Waals surface area contributed by atoms with Gasteiger partial charge in [-0.05, 0) is 66.6 Å². The first-order valence-electron chi connectivity index (χ1n) is 15.2. The molecule has 0 aromatic heterocycles. The normalized spacial score (nSPS) is 19.2. The maximum absolute atomic E-state index is 2.86. The molecule has 1 heterocycles. The summed E-state index contributed by atoms with van der Waals surface area (Å²) in [7, 11) is -2.86. The van der Waals surface area contributed by atoms with Gasteiger partial charge in [0.05, 0.1) is 11.4 Å². The van der Waals surface area contributed by atoms with Gasteiger partial charge in [-0.2, -0.15) is 0 Å². The van der Waals surface area contributed by atoms with Gasteiger partial charge in [0.25, 0.3) is 0 Å². The van der Waals surface area contributed by atoms with Crippen LogP contribution in [0.25, 0.3) is 0 Å². The standard InChI is InChI=1S/C39H37N3Si/c1-31(32-19-7-3-8-20-32)36-27-15-16-28-37(36)40(33-21-9-4-10-22-33)43(2)41(34-23-11-5-12-24-34)38-29-17-18-30-39(38)42(43)35-25-13-6-14-26-35/h3-31,36-37H,1-2H3. The van der Waals surface area contributed by atoms with E-state index in [-0.39, 0.29) is 12.0 Å². The van der Waals surface area contributed by atoms with E-state index < -0.39 is 8.56 Å².